The second kappa shape index (κ2) is 11.4. The van der Waals surface area contributed by atoms with Crippen LogP contribution in [0.25, 0.3) is 10.9 Å². The van der Waals surface area contributed by atoms with Crippen molar-refractivity contribution in [2.24, 2.45) is 0 Å². The summed E-state index contributed by atoms with van der Waals surface area (Å²) in [4.78, 5) is 11.6. The number of fused-ring (bicyclic) bond motifs is 1. The number of benzene rings is 3. The van der Waals surface area contributed by atoms with Gasteiger partial charge >= 0.3 is 0 Å². The van der Waals surface area contributed by atoms with Crippen LogP contribution in [0.2, 0.25) is 0 Å². The minimum atomic E-state index is 0.397. The third-order valence-electron chi connectivity index (χ3n) is 6.81. The average Bonchev–Trinajstić information content (AvgIpc) is 2.92. The Morgan fingerprint density at radius 3 is 2.33 bits per heavy atom. The van der Waals surface area contributed by atoms with Crippen molar-refractivity contribution in [1.82, 2.24) is 15.3 Å². The molecule has 1 saturated carbocycles. The van der Waals surface area contributed by atoms with Gasteiger partial charge < -0.3 is 20.3 Å². The van der Waals surface area contributed by atoms with E-state index in [-0.39, 0.29) is 0 Å². The average molecular weight is 482 g/mol. The van der Waals surface area contributed by atoms with E-state index in [1.807, 2.05) is 50.5 Å². The van der Waals surface area contributed by atoms with Crippen LogP contribution in [-0.4, -0.2) is 36.1 Å². The lowest BCUT2D eigenvalue weighted by Crippen LogP contribution is -2.37. The lowest BCUT2D eigenvalue weighted by molar-refractivity contribution is 0.305. The Morgan fingerprint density at radius 2 is 1.53 bits per heavy atom. The van der Waals surface area contributed by atoms with Crippen LogP contribution in [0.4, 0.5) is 11.8 Å². The predicted octanol–water partition coefficient (Wildman–Crippen LogP) is 5.79. The molecule has 0 bridgehead atoms. The molecule has 2 N–H and O–H groups in total. The number of anilines is 2. The van der Waals surface area contributed by atoms with Gasteiger partial charge in [-0.05, 0) is 61.1 Å². The molecule has 1 heterocycles. The fourth-order valence-electron chi connectivity index (χ4n) is 4.84. The fourth-order valence-corrected chi connectivity index (χ4v) is 4.84. The summed E-state index contributed by atoms with van der Waals surface area (Å²) in [6.07, 6.45) is 4.47. The molecule has 5 rings (SSSR count). The molecule has 0 aliphatic heterocycles. The van der Waals surface area contributed by atoms with E-state index in [9.17, 15) is 0 Å². The minimum Gasteiger partial charge on any atom is -0.489 e. The highest BCUT2D eigenvalue weighted by atomic mass is 16.5. The van der Waals surface area contributed by atoms with Gasteiger partial charge in [0.15, 0.2) is 0 Å². The number of nitrogens with zero attached hydrogens (tertiary/aromatic N) is 3. The number of ether oxygens (including phenoxy) is 1. The van der Waals surface area contributed by atoms with Crippen molar-refractivity contribution in [2.75, 3.05) is 24.3 Å². The number of para-hydroxylation sites is 1. The summed E-state index contributed by atoms with van der Waals surface area (Å²) >= 11 is 0. The molecule has 0 radical (unpaired) electrons. The van der Waals surface area contributed by atoms with Gasteiger partial charge in [-0.15, -0.1) is 0 Å². The van der Waals surface area contributed by atoms with Crippen molar-refractivity contribution >= 4 is 22.7 Å². The molecule has 186 valence electrons. The molecule has 6 heteroatoms. The first-order chi connectivity index (χ1) is 17.6. The van der Waals surface area contributed by atoms with Crippen LogP contribution >= 0.6 is 0 Å². The highest BCUT2D eigenvalue weighted by Crippen LogP contribution is 2.26. The first kappa shape index (κ1) is 24.1. The summed E-state index contributed by atoms with van der Waals surface area (Å²) in [5.74, 6) is 2.59. The smallest absolute Gasteiger partial charge is 0.225 e. The van der Waals surface area contributed by atoms with Gasteiger partial charge in [-0.3, -0.25) is 0 Å². The Hall–Kier alpha value is -3.64. The predicted molar refractivity (Wildman–Crippen MR) is 148 cm³/mol. The molecule has 1 aliphatic rings. The number of aromatic nitrogens is 2. The summed E-state index contributed by atoms with van der Waals surface area (Å²) < 4.78 is 5.99. The Kier molecular flexibility index (Phi) is 7.62. The largest absolute Gasteiger partial charge is 0.489 e. The molecule has 6 nitrogen and oxygen atoms in total. The van der Waals surface area contributed by atoms with Gasteiger partial charge in [0.2, 0.25) is 5.95 Å². The van der Waals surface area contributed by atoms with E-state index in [0.29, 0.717) is 18.7 Å². The quantitative estimate of drug-likeness (QED) is 0.316. The Labute approximate surface area is 213 Å². The van der Waals surface area contributed by atoms with E-state index in [2.05, 4.69) is 58.0 Å². The maximum absolute atomic E-state index is 5.99. The molecule has 0 spiro atoms. The van der Waals surface area contributed by atoms with Crippen LogP contribution in [0.5, 0.6) is 5.75 Å². The van der Waals surface area contributed by atoms with Crippen LogP contribution < -0.4 is 20.3 Å². The topological polar surface area (TPSA) is 62.3 Å². The lowest BCUT2D eigenvalue weighted by Gasteiger charge is -2.30. The van der Waals surface area contributed by atoms with Crippen molar-refractivity contribution in [3.63, 3.8) is 0 Å². The Morgan fingerprint density at radius 1 is 0.806 bits per heavy atom. The van der Waals surface area contributed by atoms with Crippen molar-refractivity contribution in [1.29, 1.82) is 0 Å². The van der Waals surface area contributed by atoms with E-state index >= 15 is 0 Å². The SMILES string of the molecule is CN(C)c1nc(NC2CCC(NCc3cccc(OCc4ccccc4)c3)CC2)nc2ccccc12. The zero-order valence-electron chi connectivity index (χ0n) is 21.2. The Bertz CT molecular complexity index is 1270. The van der Waals surface area contributed by atoms with Crippen LogP contribution in [0.15, 0.2) is 78.9 Å². The Balaban J connectivity index is 1.11. The van der Waals surface area contributed by atoms with Crippen molar-refractivity contribution < 1.29 is 4.74 Å². The van der Waals surface area contributed by atoms with Gasteiger partial charge in [0.25, 0.3) is 0 Å². The summed E-state index contributed by atoms with van der Waals surface area (Å²) in [5.41, 5.74) is 3.41. The molecule has 1 aromatic heterocycles. The molecular formula is C30H35N5O. The van der Waals surface area contributed by atoms with Crippen molar-refractivity contribution in [2.45, 2.75) is 50.9 Å². The number of rotatable bonds is 9. The third kappa shape index (κ3) is 6.13. The first-order valence-electron chi connectivity index (χ1n) is 12.8. The normalized spacial score (nSPS) is 17.6. The molecular weight excluding hydrogens is 446 g/mol. The van der Waals surface area contributed by atoms with E-state index in [1.165, 1.54) is 11.1 Å². The van der Waals surface area contributed by atoms with Crippen LogP contribution in [0.1, 0.15) is 36.8 Å². The minimum absolute atomic E-state index is 0.397. The van der Waals surface area contributed by atoms with Gasteiger partial charge in [0.1, 0.15) is 18.2 Å². The molecule has 0 atom stereocenters. The molecule has 36 heavy (non-hydrogen) atoms. The zero-order chi connectivity index (χ0) is 24.7. The molecule has 1 aliphatic carbocycles. The zero-order valence-corrected chi connectivity index (χ0v) is 21.2. The fraction of sp³-hybridized carbons (Fsp3) is 0.333. The maximum Gasteiger partial charge on any atom is 0.225 e. The molecule has 0 unspecified atom stereocenters. The number of nitrogens with one attached hydrogen (secondary N) is 2. The molecule has 3 aromatic carbocycles. The molecule has 1 fully saturated rings. The summed E-state index contributed by atoms with van der Waals surface area (Å²) in [5, 5.41) is 8.43. The van der Waals surface area contributed by atoms with E-state index in [1.54, 1.807) is 0 Å². The lowest BCUT2D eigenvalue weighted by atomic mass is 9.91. The van der Waals surface area contributed by atoms with Crippen molar-refractivity contribution in [3.8, 4) is 5.75 Å². The van der Waals surface area contributed by atoms with Gasteiger partial charge in [-0.25, -0.2) is 4.98 Å². The van der Waals surface area contributed by atoms with Crippen LogP contribution in [0, 0.1) is 0 Å². The van der Waals surface area contributed by atoms with Crippen molar-refractivity contribution in [3.05, 3.63) is 90.0 Å². The second-order valence-corrected chi connectivity index (χ2v) is 9.78. The highest BCUT2D eigenvalue weighted by molar-refractivity contribution is 5.90. The summed E-state index contributed by atoms with van der Waals surface area (Å²) in [6, 6.07) is 27.8. The summed E-state index contributed by atoms with van der Waals surface area (Å²) in [7, 11) is 4.06. The molecule has 4 aromatic rings. The third-order valence-corrected chi connectivity index (χ3v) is 6.81. The molecule has 0 amide bonds. The monoisotopic (exact) mass is 481 g/mol. The first-order valence-corrected chi connectivity index (χ1v) is 12.8. The van der Waals surface area contributed by atoms with Gasteiger partial charge in [-0.1, -0.05) is 54.6 Å². The van der Waals surface area contributed by atoms with Crippen LogP contribution in [0.3, 0.4) is 0 Å². The van der Waals surface area contributed by atoms with E-state index in [4.69, 9.17) is 14.7 Å². The molecule has 0 saturated heterocycles. The van der Waals surface area contributed by atoms with E-state index < -0.39 is 0 Å². The maximum atomic E-state index is 5.99. The number of hydrogen-bond acceptors (Lipinski definition) is 6. The van der Waals surface area contributed by atoms with Crippen LogP contribution in [-0.2, 0) is 13.2 Å². The highest BCUT2D eigenvalue weighted by Gasteiger charge is 2.22. The van der Waals surface area contributed by atoms with Gasteiger partial charge in [0.05, 0.1) is 5.52 Å². The van der Waals surface area contributed by atoms with E-state index in [0.717, 1.165) is 60.6 Å². The van der Waals surface area contributed by atoms with Gasteiger partial charge in [-0.2, -0.15) is 4.98 Å². The number of hydrogen-bond donors (Lipinski definition) is 2. The standard InChI is InChI=1S/C30H35N5O/c1-35(2)29-27-13-6-7-14-28(27)33-30(34-29)32-25-17-15-24(16-18-25)31-20-23-11-8-12-26(19-23)36-21-22-9-4-3-5-10-22/h3-14,19,24-25,31H,15-18,20-21H2,1-2H3,(H,32,33,34). The summed E-state index contributed by atoms with van der Waals surface area (Å²) in [6.45, 7) is 1.44. The van der Waals surface area contributed by atoms with Gasteiger partial charge in [0, 0.05) is 38.1 Å². The second-order valence-electron chi connectivity index (χ2n) is 9.78.